The van der Waals surface area contributed by atoms with Gasteiger partial charge in [-0.2, -0.15) is 5.26 Å². The smallest absolute Gasteiger partial charge is 0.323 e. The lowest BCUT2D eigenvalue weighted by atomic mass is 10.0. The molecule has 0 aliphatic carbocycles. The molecule has 0 N–H and O–H groups in total. The predicted molar refractivity (Wildman–Crippen MR) is 64.4 cm³/mol. The zero-order valence-corrected chi connectivity index (χ0v) is 10.6. The molecule has 1 aromatic rings. The normalized spacial score (nSPS) is 11.2. The Hall–Kier alpha value is -2.22. The number of rotatable bonds is 5. The van der Waals surface area contributed by atoms with Crippen LogP contribution in [0.3, 0.4) is 0 Å². The van der Waals surface area contributed by atoms with E-state index in [4.69, 9.17) is 14.7 Å². The second-order valence-electron chi connectivity index (χ2n) is 3.60. The van der Waals surface area contributed by atoms with E-state index >= 15 is 0 Å². The minimum Gasteiger partial charge on any atom is -0.493 e. The fraction of sp³-hybridized carbons (Fsp3) is 0.385. The number of methoxy groups -OCH3 is 3. The second-order valence-corrected chi connectivity index (χ2v) is 3.60. The van der Waals surface area contributed by atoms with Crippen molar-refractivity contribution in [2.24, 2.45) is 5.92 Å². The van der Waals surface area contributed by atoms with Gasteiger partial charge in [0.05, 0.1) is 27.4 Å². The van der Waals surface area contributed by atoms with E-state index in [9.17, 15) is 4.79 Å². The molecule has 1 unspecified atom stereocenters. The van der Waals surface area contributed by atoms with Gasteiger partial charge < -0.3 is 14.2 Å². The van der Waals surface area contributed by atoms with E-state index in [-0.39, 0.29) is 6.42 Å². The van der Waals surface area contributed by atoms with Crippen molar-refractivity contribution in [1.29, 1.82) is 5.26 Å². The number of nitrogens with zero attached hydrogens (tertiary/aromatic N) is 1. The van der Waals surface area contributed by atoms with E-state index < -0.39 is 11.9 Å². The third-order valence-electron chi connectivity index (χ3n) is 2.53. The molecule has 0 fully saturated rings. The van der Waals surface area contributed by atoms with Gasteiger partial charge in [0.25, 0.3) is 0 Å². The lowest BCUT2D eigenvalue weighted by molar-refractivity contribution is -0.143. The first-order chi connectivity index (χ1) is 8.65. The lowest BCUT2D eigenvalue weighted by Gasteiger charge is -2.11. The first kappa shape index (κ1) is 13.8. The molecule has 0 saturated carbocycles. The Kier molecular flexibility index (Phi) is 5.00. The van der Waals surface area contributed by atoms with Gasteiger partial charge in [0.2, 0.25) is 0 Å². The highest BCUT2D eigenvalue weighted by molar-refractivity contribution is 5.75. The molecule has 5 nitrogen and oxygen atoms in total. The van der Waals surface area contributed by atoms with Crippen molar-refractivity contribution in [3.63, 3.8) is 0 Å². The summed E-state index contributed by atoms with van der Waals surface area (Å²) in [4.78, 5) is 11.3. The van der Waals surface area contributed by atoms with Crippen LogP contribution < -0.4 is 9.47 Å². The monoisotopic (exact) mass is 249 g/mol. The molecule has 18 heavy (non-hydrogen) atoms. The van der Waals surface area contributed by atoms with Gasteiger partial charge in [-0.1, -0.05) is 6.07 Å². The number of nitriles is 1. The Morgan fingerprint density at radius 2 is 1.94 bits per heavy atom. The summed E-state index contributed by atoms with van der Waals surface area (Å²) in [5.41, 5.74) is 0.810. The van der Waals surface area contributed by atoms with Crippen molar-refractivity contribution in [3.05, 3.63) is 23.8 Å². The van der Waals surface area contributed by atoms with E-state index in [1.165, 1.54) is 14.2 Å². The van der Waals surface area contributed by atoms with Crippen LogP contribution in [-0.2, 0) is 16.0 Å². The van der Waals surface area contributed by atoms with E-state index in [0.717, 1.165) is 5.56 Å². The molecular weight excluding hydrogens is 234 g/mol. The fourth-order valence-electron chi connectivity index (χ4n) is 1.57. The van der Waals surface area contributed by atoms with Crippen molar-refractivity contribution >= 4 is 5.97 Å². The zero-order valence-electron chi connectivity index (χ0n) is 10.6. The molecule has 96 valence electrons. The summed E-state index contributed by atoms with van der Waals surface area (Å²) >= 11 is 0. The van der Waals surface area contributed by atoms with Gasteiger partial charge in [-0.05, 0) is 24.1 Å². The zero-order chi connectivity index (χ0) is 13.5. The van der Waals surface area contributed by atoms with Gasteiger partial charge in [-0.3, -0.25) is 4.79 Å². The average Bonchev–Trinajstić information content (AvgIpc) is 2.43. The molecule has 1 aromatic carbocycles. The van der Waals surface area contributed by atoms with Crippen LogP contribution in [0.2, 0.25) is 0 Å². The van der Waals surface area contributed by atoms with Gasteiger partial charge in [0, 0.05) is 0 Å². The van der Waals surface area contributed by atoms with Crippen LogP contribution in [0, 0.1) is 17.2 Å². The summed E-state index contributed by atoms with van der Waals surface area (Å²) in [6, 6.07) is 7.19. The highest BCUT2D eigenvalue weighted by Crippen LogP contribution is 2.28. The van der Waals surface area contributed by atoms with Crippen LogP contribution in [0.5, 0.6) is 11.5 Å². The van der Waals surface area contributed by atoms with E-state index in [1.54, 1.807) is 25.3 Å². The second kappa shape index (κ2) is 6.50. The summed E-state index contributed by atoms with van der Waals surface area (Å²) in [6.07, 6.45) is 0.281. The molecule has 0 aliphatic rings. The minimum absolute atomic E-state index is 0.281. The molecule has 1 atom stereocenters. The number of hydrogen-bond acceptors (Lipinski definition) is 5. The fourth-order valence-corrected chi connectivity index (χ4v) is 1.57. The Morgan fingerprint density at radius 3 is 2.44 bits per heavy atom. The molecule has 0 saturated heterocycles. The average molecular weight is 249 g/mol. The van der Waals surface area contributed by atoms with Crippen molar-refractivity contribution in [2.45, 2.75) is 6.42 Å². The topological polar surface area (TPSA) is 68.6 Å². The molecule has 1 rings (SSSR count). The van der Waals surface area contributed by atoms with Crippen molar-refractivity contribution in [2.75, 3.05) is 21.3 Å². The molecule has 0 spiro atoms. The summed E-state index contributed by atoms with van der Waals surface area (Å²) < 4.78 is 14.8. The third kappa shape index (κ3) is 3.14. The van der Waals surface area contributed by atoms with E-state index in [1.807, 2.05) is 6.07 Å². The van der Waals surface area contributed by atoms with Gasteiger partial charge >= 0.3 is 5.97 Å². The maximum absolute atomic E-state index is 11.3. The maximum atomic E-state index is 11.3. The predicted octanol–water partition coefficient (Wildman–Crippen LogP) is 1.56. The Morgan fingerprint density at radius 1 is 1.28 bits per heavy atom. The molecule has 5 heteroatoms. The van der Waals surface area contributed by atoms with Gasteiger partial charge in [0.1, 0.15) is 5.92 Å². The first-order valence-corrected chi connectivity index (χ1v) is 5.34. The summed E-state index contributed by atoms with van der Waals surface area (Å²) in [5, 5.41) is 8.91. The van der Waals surface area contributed by atoms with Gasteiger partial charge in [-0.25, -0.2) is 0 Å². The quantitative estimate of drug-likeness (QED) is 0.741. The standard InChI is InChI=1S/C13H15NO4/c1-16-11-5-4-9(7-12(11)17-2)6-10(8-14)13(15)18-3/h4-5,7,10H,6H2,1-3H3. The highest BCUT2D eigenvalue weighted by Gasteiger charge is 2.19. The Balaban J connectivity index is 2.91. The van der Waals surface area contributed by atoms with E-state index in [0.29, 0.717) is 11.5 Å². The van der Waals surface area contributed by atoms with Crippen LogP contribution in [-0.4, -0.2) is 27.3 Å². The van der Waals surface area contributed by atoms with E-state index in [2.05, 4.69) is 4.74 Å². The maximum Gasteiger partial charge on any atom is 0.323 e. The number of carbonyl (C=O) groups is 1. The number of benzene rings is 1. The summed E-state index contributed by atoms with van der Waals surface area (Å²) in [5.74, 6) is -0.176. The number of esters is 1. The Bertz CT molecular complexity index is 465. The molecule has 0 heterocycles. The molecule has 0 aliphatic heterocycles. The largest absolute Gasteiger partial charge is 0.493 e. The van der Waals surface area contributed by atoms with Crippen LogP contribution in [0.1, 0.15) is 5.56 Å². The van der Waals surface area contributed by atoms with Crippen molar-refractivity contribution in [1.82, 2.24) is 0 Å². The van der Waals surface area contributed by atoms with Crippen LogP contribution in [0.4, 0.5) is 0 Å². The minimum atomic E-state index is -0.812. The van der Waals surface area contributed by atoms with Crippen molar-refractivity contribution < 1.29 is 19.0 Å². The third-order valence-corrected chi connectivity index (χ3v) is 2.53. The molecule has 0 aromatic heterocycles. The van der Waals surface area contributed by atoms with Crippen molar-refractivity contribution in [3.8, 4) is 17.6 Å². The SMILES string of the molecule is COC(=O)C(C#N)Cc1ccc(OC)c(OC)c1. The molecule has 0 bridgehead atoms. The highest BCUT2D eigenvalue weighted by atomic mass is 16.5. The van der Waals surface area contributed by atoms with Gasteiger partial charge in [-0.15, -0.1) is 0 Å². The van der Waals surface area contributed by atoms with Gasteiger partial charge in [0.15, 0.2) is 11.5 Å². The lowest BCUT2D eigenvalue weighted by Crippen LogP contribution is -2.16. The van der Waals surface area contributed by atoms with Crippen LogP contribution in [0.15, 0.2) is 18.2 Å². The molecule has 0 amide bonds. The molecule has 0 radical (unpaired) electrons. The molecular formula is C13H15NO4. The number of carbonyl (C=O) groups excluding carboxylic acids is 1. The number of ether oxygens (including phenoxy) is 3. The summed E-state index contributed by atoms with van der Waals surface area (Å²) in [7, 11) is 4.34. The first-order valence-electron chi connectivity index (χ1n) is 5.34. The Labute approximate surface area is 106 Å². The van der Waals surface area contributed by atoms with Crippen LogP contribution >= 0.6 is 0 Å². The van der Waals surface area contributed by atoms with Crippen LogP contribution in [0.25, 0.3) is 0 Å². The number of hydrogen-bond donors (Lipinski definition) is 0. The summed E-state index contributed by atoms with van der Waals surface area (Å²) in [6.45, 7) is 0.